The zero-order valence-electron chi connectivity index (χ0n) is 15.9. The molecule has 1 aromatic carbocycles. The molecule has 0 atom stereocenters. The van der Waals surface area contributed by atoms with Gasteiger partial charge in [-0.1, -0.05) is 28.9 Å². The van der Waals surface area contributed by atoms with Gasteiger partial charge in [0.2, 0.25) is 11.7 Å². The van der Waals surface area contributed by atoms with Crippen LogP contribution in [0.3, 0.4) is 0 Å². The van der Waals surface area contributed by atoms with Gasteiger partial charge >= 0.3 is 0 Å². The van der Waals surface area contributed by atoms with Crippen molar-refractivity contribution < 1.29 is 4.52 Å². The molecule has 8 nitrogen and oxygen atoms in total. The fourth-order valence-corrected chi connectivity index (χ4v) is 3.32. The van der Waals surface area contributed by atoms with Gasteiger partial charge in [0.25, 0.3) is 0 Å². The Labute approximate surface area is 172 Å². The van der Waals surface area contributed by atoms with Crippen LogP contribution in [0.5, 0.6) is 0 Å². The third-order valence-electron chi connectivity index (χ3n) is 3.76. The van der Waals surface area contributed by atoms with Crippen molar-refractivity contribution in [2.24, 2.45) is 4.99 Å². The lowest BCUT2D eigenvalue weighted by Gasteiger charge is -2.10. The number of hydrogen-bond donors (Lipinski definition) is 2. The van der Waals surface area contributed by atoms with Crippen LogP contribution in [-0.2, 0) is 13.0 Å². The lowest BCUT2D eigenvalue weighted by atomic mass is 10.2. The first-order valence-electron chi connectivity index (χ1n) is 8.70. The maximum Gasteiger partial charge on any atom is 0.228 e. The van der Waals surface area contributed by atoms with Crippen molar-refractivity contribution in [2.75, 3.05) is 32.6 Å². The fourth-order valence-electron chi connectivity index (χ4n) is 2.37. The van der Waals surface area contributed by atoms with E-state index < -0.39 is 0 Å². The van der Waals surface area contributed by atoms with E-state index in [0.717, 1.165) is 16.4 Å². The zero-order chi connectivity index (χ0) is 19.9. The lowest BCUT2D eigenvalue weighted by molar-refractivity contribution is 0.378. The van der Waals surface area contributed by atoms with Crippen molar-refractivity contribution in [3.63, 3.8) is 0 Å². The smallest absolute Gasteiger partial charge is 0.228 e. The summed E-state index contributed by atoms with van der Waals surface area (Å²) in [5.74, 6) is 1.77. The Morgan fingerprint density at radius 3 is 2.86 bits per heavy atom. The topological polar surface area (TPSA) is 91.5 Å². The summed E-state index contributed by atoms with van der Waals surface area (Å²) in [6, 6.07) is 7.36. The third kappa shape index (κ3) is 5.43. The molecule has 3 aromatic rings. The van der Waals surface area contributed by atoms with Crippen molar-refractivity contribution in [3.05, 3.63) is 46.3 Å². The van der Waals surface area contributed by atoms with Crippen LogP contribution in [0.4, 0.5) is 5.13 Å². The van der Waals surface area contributed by atoms with Gasteiger partial charge in [0.15, 0.2) is 11.1 Å². The summed E-state index contributed by atoms with van der Waals surface area (Å²) < 4.78 is 5.31. The normalized spacial score (nSPS) is 11.5. The highest BCUT2D eigenvalue weighted by Gasteiger charge is 2.09. The summed E-state index contributed by atoms with van der Waals surface area (Å²) in [7, 11) is 5.68. The summed E-state index contributed by atoms with van der Waals surface area (Å²) in [6.07, 6.45) is 0.579. The maximum absolute atomic E-state index is 6.00. The SMILES string of the molecule is CN=C(NCCc1nc(-c2cccc(Cl)c2)no1)NCc1csc(N(C)C)n1. The van der Waals surface area contributed by atoms with Crippen LogP contribution >= 0.6 is 22.9 Å². The van der Waals surface area contributed by atoms with Crippen LogP contribution < -0.4 is 15.5 Å². The molecule has 0 saturated heterocycles. The van der Waals surface area contributed by atoms with E-state index in [2.05, 4.69) is 30.8 Å². The van der Waals surface area contributed by atoms with Crippen LogP contribution in [0, 0.1) is 0 Å². The second-order valence-corrected chi connectivity index (χ2v) is 7.41. The molecule has 0 radical (unpaired) electrons. The molecule has 10 heteroatoms. The van der Waals surface area contributed by atoms with Gasteiger partial charge in [-0.15, -0.1) is 11.3 Å². The molecule has 0 fully saturated rings. The number of rotatable bonds is 7. The standard InChI is InChI=1S/C18H22ClN7OS/c1-20-17(22-10-14-11-28-18(23-14)26(2)3)21-8-7-15-24-16(25-27-15)12-5-4-6-13(19)9-12/h4-6,9,11H,7-8,10H2,1-3H3,(H2,20,21,22). The van der Waals surface area contributed by atoms with E-state index in [9.17, 15) is 0 Å². The molecule has 2 aromatic heterocycles. The van der Waals surface area contributed by atoms with Crippen LogP contribution in [0.25, 0.3) is 11.4 Å². The van der Waals surface area contributed by atoms with Crippen molar-refractivity contribution in [2.45, 2.75) is 13.0 Å². The average Bonchev–Trinajstić information content (AvgIpc) is 3.34. The molecule has 0 bridgehead atoms. The number of nitrogens with one attached hydrogen (secondary N) is 2. The highest BCUT2D eigenvalue weighted by atomic mass is 35.5. The predicted molar refractivity (Wildman–Crippen MR) is 113 cm³/mol. The van der Waals surface area contributed by atoms with Crippen molar-refractivity contribution in [1.29, 1.82) is 0 Å². The van der Waals surface area contributed by atoms with E-state index in [1.165, 1.54) is 0 Å². The first-order chi connectivity index (χ1) is 13.5. The van der Waals surface area contributed by atoms with Gasteiger partial charge < -0.3 is 20.1 Å². The molecular formula is C18H22ClN7OS. The molecule has 0 aliphatic rings. The first kappa shape index (κ1) is 20.1. The number of halogens is 1. The van der Waals surface area contributed by atoms with E-state index in [1.54, 1.807) is 24.5 Å². The zero-order valence-corrected chi connectivity index (χ0v) is 17.5. The fraction of sp³-hybridized carbons (Fsp3) is 0.333. The van der Waals surface area contributed by atoms with Crippen LogP contribution in [0.2, 0.25) is 5.02 Å². The number of thiazole rings is 1. The molecule has 148 valence electrons. The molecule has 0 spiro atoms. The number of hydrogen-bond acceptors (Lipinski definition) is 7. The second kappa shape index (κ2) is 9.52. The number of aromatic nitrogens is 3. The minimum Gasteiger partial charge on any atom is -0.356 e. The molecule has 3 rings (SSSR count). The number of anilines is 1. The Balaban J connectivity index is 1.47. The molecule has 0 saturated carbocycles. The summed E-state index contributed by atoms with van der Waals surface area (Å²) in [5.41, 5.74) is 1.80. The van der Waals surface area contributed by atoms with E-state index in [0.29, 0.717) is 42.2 Å². The number of guanidine groups is 1. The van der Waals surface area contributed by atoms with Gasteiger partial charge in [-0.05, 0) is 12.1 Å². The van der Waals surface area contributed by atoms with Crippen LogP contribution in [0.1, 0.15) is 11.6 Å². The van der Waals surface area contributed by atoms with Gasteiger partial charge in [0.1, 0.15) is 0 Å². The Bertz CT molecular complexity index is 937. The molecule has 2 N–H and O–H groups in total. The van der Waals surface area contributed by atoms with Gasteiger partial charge in [-0.2, -0.15) is 4.98 Å². The van der Waals surface area contributed by atoms with Crippen molar-refractivity contribution >= 4 is 34.0 Å². The molecule has 0 amide bonds. The summed E-state index contributed by atoms with van der Waals surface area (Å²) >= 11 is 7.62. The Morgan fingerprint density at radius 1 is 1.29 bits per heavy atom. The van der Waals surface area contributed by atoms with Gasteiger partial charge in [-0.3, -0.25) is 4.99 Å². The third-order valence-corrected chi connectivity index (χ3v) is 5.06. The van der Waals surface area contributed by atoms with E-state index in [-0.39, 0.29) is 0 Å². The summed E-state index contributed by atoms with van der Waals surface area (Å²) in [5, 5.41) is 14.1. The van der Waals surface area contributed by atoms with E-state index in [1.807, 2.05) is 42.6 Å². The van der Waals surface area contributed by atoms with Gasteiger partial charge in [0.05, 0.1) is 12.2 Å². The molecule has 28 heavy (non-hydrogen) atoms. The molecule has 0 aliphatic heterocycles. The number of benzene rings is 1. The van der Waals surface area contributed by atoms with Crippen molar-refractivity contribution in [3.8, 4) is 11.4 Å². The summed E-state index contributed by atoms with van der Waals surface area (Å²) in [4.78, 5) is 15.2. The number of aliphatic imine (C=N–C) groups is 1. The quantitative estimate of drug-likeness (QED) is 0.449. The largest absolute Gasteiger partial charge is 0.356 e. The molecule has 0 unspecified atom stereocenters. The van der Waals surface area contributed by atoms with Gasteiger partial charge in [-0.25, -0.2) is 4.98 Å². The number of nitrogens with zero attached hydrogens (tertiary/aromatic N) is 5. The Hall–Kier alpha value is -2.65. The minimum absolute atomic E-state index is 0.528. The second-order valence-electron chi connectivity index (χ2n) is 6.14. The maximum atomic E-state index is 6.00. The predicted octanol–water partition coefficient (Wildman–Crippen LogP) is 2.82. The van der Waals surface area contributed by atoms with Gasteiger partial charge in [0, 0.05) is 50.1 Å². The van der Waals surface area contributed by atoms with Crippen LogP contribution in [0.15, 0.2) is 39.2 Å². The minimum atomic E-state index is 0.528. The van der Waals surface area contributed by atoms with Crippen LogP contribution in [-0.4, -0.2) is 48.8 Å². The molecular weight excluding hydrogens is 398 g/mol. The van der Waals surface area contributed by atoms with E-state index >= 15 is 0 Å². The lowest BCUT2D eigenvalue weighted by Crippen LogP contribution is -2.38. The molecule has 2 heterocycles. The average molecular weight is 420 g/mol. The van der Waals surface area contributed by atoms with E-state index in [4.69, 9.17) is 16.1 Å². The summed E-state index contributed by atoms with van der Waals surface area (Å²) in [6.45, 7) is 1.21. The Morgan fingerprint density at radius 2 is 2.14 bits per heavy atom. The monoisotopic (exact) mass is 419 g/mol. The van der Waals surface area contributed by atoms with Crippen molar-refractivity contribution in [1.82, 2.24) is 25.8 Å². The first-order valence-corrected chi connectivity index (χ1v) is 9.95. The highest BCUT2D eigenvalue weighted by Crippen LogP contribution is 2.20. The molecule has 0 aliphatic carbocycles. The highest BCUT2D eigenvalue weighted by molar-refractivity contribution is 7.13. The Kier molecular flexibility index (Phi) is 6.83.